The number of piperidine rings is 1. The quantitative estimate of drug-likeness (QED) is 0.596. The van der Waals surface area contributed by atoms with Crippen LogP contribution in [-0.4, -0.2) is 73.6 Å². The van der Waals surface area contributed by atoms with Crippen LogP contribution in [0.4, 0.5) is 0 Å². The Morgan fingerprint density at radius 1 is 1.19 bits per heavy atom. The van der Waals surface area contributed by atoms with Gasteiger partial charge in [0.2, 0.25) is 0 Å². The third-order valence-corrected chi connectivity index (χ3v) is 4.30. The van der Waals surface area contributed by atoms with Crippen LogP contribution in [0.5, 0.6) is 0 Å². The molecule has 1 atom stereocenters. The molecule has 0 aliphatic carbocycles. The van der Waals surface area contributed by atoms with E-state index in [4.69, 9.17) is 4.74 Å². The number of nitrogens with one attached hydrogen (secondary N) is 1. The van der Waals surface area contributed by atoms with Crippen molar-refractivity contribution < 1.29 is 14.3 Å². The Balaban J connectivity index is 1.63. The minimum Gasteiger partial charge on any atom is -0.379 e. The van der Waals surface area contributed by atoms with Crippen molar-refractivity contribution >= 4 is 11.8 Å². The highest BCUT2D eigenvalue weighted by molar-refractivity contribution is 6.35. The Kier molecular flexibility index (Phi) is 6.45. The summed E-state index contributed by atoms with van der Waals surface area (Å²) in [5, 5.41) is 2.75. The molecule has 6 nitrogen and oxygen atoms in total. The number of nitrogens with zero attached hydrogens (tertiary/aromatic N) is 2. The highest BCUT2D eigenvalue weighted by Gasteiger charge is 2.27. The molecule has 1 N–H and O–H groups in total. The number of carbonyl (C=O) groups is 2. The third-order valence-electron chi connectivity index (χ3n) is 4.30. The standard InChI is InChI=1S/C15H27N3O3/c1-13-5-2-3-8-18(13)15(20)14(19)16-6-4-7-17-9-11-21-12-10-17/h13H,2-12H2,1H3,(H,16,19). The van der Waals surface area contributed by atoms with E-state index in [1.54, 1.807) is 4.90 Å². The molecule has 21 heavy (non-hydrogen) atoms. The van der Waals surface area contributed by atoms with Gasteiger partial charge < -0.3 is 15.0 Å². The number of carbonyl (C=O) groups excluding carboxylic acids is 2. The van der Waals surface area contributed by atoms with E-state index >= 15 is 0 Å². The van der Waals surface area contributed by atoms with Crippen molar-refractivity contribution in [2.24, 2.45) is 0 Å². The molecule has 120 valence electrons. The average molecular weight is 297 g/mol. The van der Waals surface area contributed by atoms with E-state index in [0.717, 1.165) is 58.5 Å². The van der Waals surface area contributed by atoms with Gasteiger partial charge in [0.25, 0.3) is 0 Å². The Hall–Kier alpha value is -1.14. The molecule has 0 spiro atoms. The fourth-order valence-corrected chi connectivity index (χ4v) is 2.94. The van der Waals surface area contributed by atoms with Gasteiger partial charge >= 0.3 is 11.8 Å². The maximum Gasteiger partial charge on any atom is 0.312 e. The lowest BCUT2D eigenvalue weighted by molar-refractivity contribution is -0.148. The lowest BCUT2D eigenvalue weighted by Gasteiger charge is -2.32. The van der Waals surface area contributed by atoms with Crippen LogP contribution in [0.15, 0.2) is 0 Å². The molecule has 2 saturated heterocycles. The predicted molar refractivity (Wildman–Crippen MR) is 79.9 cm³/mol. The van der Waals surface area contributed by atoms with Crippen LogP contribution < -0.4 is 5.32 Å². The summed E-state index contributed by atoms with van der Waals surface area (Å²) < 4.78 is 5.29. The van der Waals surface area contributed by atoms with Crippen molar-refractivity contribution in [3.05, 3.63) is 0 Å². The molecule has 0 saturated carbocycles. The van der Waals surface area contributed by atoms with Crippen LogP contribution in [0.25, 0.3) is 0 Å². The summed E-state index contributed by atoms with van der Waals surface area (Å²) in [4.78, 5) is 28.0. The van der Waals surface area contributed by atoms with Crippen LogP contribution in [0, 0.1) is 0 Å². The summed E-state index contributed by atoms with van der Waals surface area (Å²) in [5.74, 6) is -0.820. The van der Waals surface area contributed by atoms with Gasteiger partial charge in [0.1, 0.15) is 0 Å². The number of likely N-dealkylation sites (tertiary alicyclic amines) is 1. The van der Waals surface area contributed by atoms with E-state index in [0.29, 0.717) is 13.1 Å². The molecule has 6 heteroatoms. The first-order valence-corrected chi connectivity index (χ1v) is 8.07. The molecule has 2 amide bonds. The molecule has 0 aromatic carbocycles. The summed E-state index contributed by atoms with van der Waals surface area (Å²) in [6.45, 7) is 7.72. The van der Waals surface area contributed by atoms with Gasteiger partial charge in [-0.15, -0.1) is 0 Å². The molecule has 2 aliphatic rings. The summed E-state index contributed by atoms with van der Waals surface area (Å²) in [7, 11) is 0. The van der Waals surface area contributed by atoms with Crippen LogP contribution >= 0.6 is 0 Å². The van der Waals surface area contributed by atoms with Crippen molar-refractivity contribution in [2.75, 3.05) is 45.9 Å². The van der Waals surface area contributed by atoms with Gasteiger partial charge in [-0.2, -0.15) is 0 Å². The largest absolute Gasteiger partial charge is 0.379 e. The predicted octanol–water partition coefficient (Wildman–Crippen LogP) is 0.226. The second-order valence-corrected chi connectivity index (χ2v) is 5.91. The third kappa shape index (κ3) is 4.97. The maximum absolute atomic E-state index is 12.1. The number of morpholine rings is 1. The topological polar surface area (TPSA) is 61.9 Å². The van der Waals surface area contributed by atoms with Gasteiger partial charge in [-0.25, -0.2) is 0 Å². The monoisotopic (exact) mass is 297 g/mol. The molecule has 2 rings (SSSR count). The minimum absolute atomic E-state index is 0.186. The van der Waals surface area contributed by atoms with E-state index in [1.807, 2.05) is 6.92 Å². The molecule has 1 unspecified atom stereocenters. The van der Waals surface area contributed by atoms with Gasteiger partial charge in [0.15, 0.2) is 0 Å². The number of rotatable bonds is 4. The van der Waals surface area contributed by atoms with Crippen molar-refractivity contribution in [3.8, 4) is 0 Å². The number of hydrogen-bond acceptors (Lipinski definition) is 4. The lowest BCUT2D eigenvalue weighted by atomic mass is 10.0. The summed E-state index contributed by atoms with van der Waals surface area (Å²) in [5.41, 5.74) is 0. The minimum atomic E-state index is -0.453. The molecular formula is C15H27N3O3. The molecule has 2 heterocycles. The van der Waals surface area contributed by atoms with E-state index in [9.17, 15) is 9.59 Å². The number of amides is 2. The first-order chi connectivity index (χ1) is 10.2. The second-order valence-electron chi connectivity index (χ2n) is 5.91. The molecule has 0 aromatic heterocycles. The van der Waals surface area contributed by atoms with E-state index in [2.05, 4.69) is 10.2 Å². The second kappa shape index (κ2) is 8.34. The van der Waals surface area contributed by atoms with E-state index in [1.165, 1.54) is 0 Å². The first-order valence-electron chi connectivity index (χ1n) is 8.07. The van der Waals surface area contributed by atoms with Crippen LogP contribution in [0.1, 0.15) is 32.6 Å². The van der Waals surface area contributed by atoms with Gasteiger partial charge in [-0.05, 0) is 39.2 Å². The normalized spacial score (nSPS) is 23.9. The molecule has 2 fully saturated rings. The summed E-state index contributed by atoms with van der Waals surface area (Å²) in [6.07, 6.45) is 4.01. The van der Waals surface area contributed by atoms with Gasteiger partial charge in [0.05, 0.1) is 13.2 Å². The SMILES string of the molecule is CC1CCCCN1C(=O)C(=O)NCCCN1CCOCC1. The van der Waals surface area contributed by atoms with Gasteiger partial charge in [-0.1, -0.05) is 0 Å². The Labute approximate surface area is 126 Å². The van der Waals surface area contributed by atoms with Gasteiger partial charge in [-0.3, -0.25) is 14.5 Å². The average Bonchev–Trinajstić information content (AvgIpc) is 2.52. The molecule has 0 bridgehead atoms. The zero-order chi connectivity index (χ0) is 15.1. The zero-order valence-electron chi connectivity index (χ0n) is 13.0. The number of ether oxygens (including phenoxy) is 1. The van der Waals surface area contributed by atoms with Crippen LogP contribution in [0.3, 0.4) is 0 Å². The first kappa shape index (κ1) is 16.2. The number of hydrogen-bond donors (Lipinski definition) is 1. The van der Waals surface area contributed by atoms with Crippen molar-refractivity contribution in [1.29, 1.82) is 0 Å². The summed E-state index contributed by atoms with van der Waals surface area (Å²) in [6, 6.07) is 0.186. The Morgan fingerprint density at radius 2 is 1.95 bits per heavy atom. The van der Waals surface area contributed by atoms with Crippen LogP contribution in [-0.2, 0) is 14.3 Å². The highest BCUT2D eigenvalue weighted by Crippen LogP contribution is 2.16. The molecule has 0 radical (unpaired) electrons. The van der Waals surface area contributed by atoms with Crippen molar-refractivity contribution in [2.45, 2.75) is 38.6 Å². The lowest BCUT2D eigenvalue weighted by Crippen LogP contribution is -2.49. The van der Waals surface area contributed by atoms with Crippen molar-refractivity contribution in [3.63, 3.8) is 0 Å². The molecule has 0 aromatic rings. The molecular weight excluding hydrogens is 270 g/mol. The zero-order valence-corrected chi connectivity index (χ0v) is 13.0. The summed E-state index contributed by atoms with van der Waals surface area (Å²) >= 11 is 0. The Morgan fingerprint density at radius 3 is 2.67 bits per heavy atom. The van der Waals surface area contributed by atoms with E-state index in [-0.39, 0.29) is 11.9 Å². The van der Waals surface area contributed by atoms with Crippen molar-refractivity contribution in [1.82, 2.24) is 15.1 Å². The highest BCUT2D eigenvalue weighted by atomic mass is 16.5. The van der Waals surface area contributed by atoms with Gasteiger partial charge in [0, 0.05) is 32.2 Å². The smallest absolute Gasteiger partial charge is 0.312 e. The van der Waals surface area contributed by atoms with E-state index < -0.39 is 5.91 Å². The fraction of sp³-hybridized carbons (Fsp3) is 0.867. The fourth-order valence-electron chi connectivity index (χ4n) is 2.94. The van der Waals surface area contributed by atoms with Crippen LogP contribution in [0.2, 0.25) is 0 Å². The maximum atomic E-state index is 12.1. The Bertz CT molecular complexity index is 356. The molecule has 2 aliphatic heterocycles.